The fourth-order valence-corrected chi connectivity index (χ4v) is 1.82. The number of amidine groups is 1. The van der Waals surface area contributed by atoms with Gasteiger partial charge in [-0.25, -0.2) is 4.79 Å². The number of ether oxygens (including phenoxy) is 1. The van der Waals surface area contributed by atoms with E-state index in [0.29, 0.717) is 12.8 Å². The summed E-state index contributed by atoms with van der Waals surface area (Å²) in [5, 5.41) is 8.45. The molecule has 0 aromatic carbocycles. The van der Waals surface area contributed by atoms with Crippen molar-refractivity contribution < 1.29 is 19.2 Å². The first kappa shape index (κ1) is 15.3. The Kier molecular flexibility index (Phi) is 4.07. The summed E-state index contributed by atoms with van der Waals surface area (Å²) >= 11 is 0. The van der Waals surface area contributed by atoms with Gasteiger partial charge in [-0.3, -0.25) is 10.2 Å². The smallest absolute Gasteiger partial charge is 0.442 e. The number of hydrogen-bond donors (Lipinski definition) is 2. The Morgan fingerprint density at radius 2 is 1.84 bits per heavy atom. The summed E-state index contributed by atoms with van der Waals surface area (Å²) in [6.45, 7) is 6.30. The molecule has 1 amide bonds. The van der Waals surface area contributed by atoms with Gasteiger partial charge < -0.3 is 15.3 Å². The molecule has 0 saturated heterocycles. The first-order valence-electron chi connectivity index (χ1n) is 6.15. The van der Waals surface area contributed by atoms with Crippen LogP contribution in [0.2, 0.25) is 0 Å². The van der Waals surface area contributed by atoms with Crippen LogP contribution in [-0.2, 0) is 14.4 Å². The molecule has 0 bridgehead atoms. The number of hydroxylamine groups is 2. The Hall–Kier alpha value is -1.79. The second kappa shape index (κ2) is 5.07. The molecule has 108 valence electrons. The standard InChI is InChI=1S/C12H21N3O4/c1-8(16)19-15(10(17)18-11(2,3)4)12(9(13)14)6-5-7-12/h5-7H2,1-4H3,(H3,13,14). The van der Waals surface area contributed by atoms with Crippen molar-refractivity contribution in [2.45, 2.75) is 58.1 Å². The van der Waals surface area contributed by atoms with Crippen LogP contribution in [0.25, 0.3) is 0 Å². The lowest BCUT2D eigenvalue weighted by molar-refractivity contribution is -0.207. The lowest BCUT2D eigenvalue weighted by Gasteiger charge is -2.46. The number of hydrogen-bond acceptors (Lipinski definition) is 5. The SMILES string of the molecule is CC(=O)ON(C(=O)OC(C)(C)C)C1(C(=N)N)CCC1. The minimum absolute atomic E-state index is 0.203. The van der Waals surface area contributed by atoms with Gasteiger partial charge in [0.2, 0.25) is 0 Å². The molecule has 7 heteroatoms. The van der Waals surface area contributed by atoms with E-state index in [1.165, 1.54) is 6.92 Å². The summed E-state index contributed by atoms with van der Waals surface area (Å²) in [4.78, 5) is 28.2. The molecular formula is C12H21N3O4. The highest BCUT2D eigenvalue weighted by Gasteiger charge is 2.51. The quantitative estimate of drug-likeness (QED) is 0.450. The third kappa shape index (κ3) is 3.36. The van der Waals surface area contributed by atoms with Crippen LogP contribution < -0.4 is 5.73 Å². The van der Waals surface area contributed by atoms with Crippen LogP contribution in [0, 0.1) is 5.41 Å². The molecule has 3 N–H and O–H groups in total. The van der Waals surface area contributed by atoms with Gasteiger partial charge in [-0.15, -0.1) is 5.06 Å². The number of nitrogens with two attached hydrogens (primary N) is 1. The van der Waals surface area contributed by atoms with E-state index in [9.17, 15) is 9.59 Å². The summed E-state index contributed by atoms with van der Waals surface area (Å²) in [6, 6.07) is 0. The Morgan fingerprint density at radius 3 is 2.11 bits per heavy atom. The van der Waals surface area contributed by atoms with Crippen LogP contribution >= 0.6 is 0 Å². The number of rotatable bonds is 2. The minimum Gasteiger partial charge on any atom is -0.442 e. The van der Waals surface area contributed by atoms with Crippen molar-refractivity contribution in [2.75, 3.05) is 0 Å². The Labute approximate surface area is 112 Å². The van der Waals surface area contributed by atoms with Crippen LogP contribution in [-0.4, -0.2) is 34.1 Å². The van der Waals surface area contributed by atoms with Crippen molar-refractivity contribution in [1.29, 1.82) is 5.41 Å². The predicted molar refractivity (Wildman–Crippen MR) is 68.3 cm³/mol. The van der Waals surface area contributed by atoms with E-state index >= 15 is 0 Å². The summed E-state index contributed by atoms with van der Waals surface area (Å²) in [6.07, 6.45) is 0.960. The van der Waals surface area contributed by atoms with Gasteiger partial charge in [-0.2, -0.15) is 0 Å². The van der Waals surface area contributed by atoms with Crippen molar-refractivity contribution in [3.8, 4) is 0 Å². The molecule has 0 spiro atoms. The lowest BCUT2D eigenvalue weighted by Crippen LogP contribution is -2.64. The van der Waals surface area contributed by atoms with E-state index in [1.54, 1.807) is 20.8 Å². The zero-order chi connectivity index (χ0) is 14.8. The van der Waals surface area contributed by atoms with Crippen molar-refractivity contribution in [3.63, 3.8) is 0 Å². The normalized spacial score (nSPS) is 17.1. The first-order valence-corrected chi connectivity index (χ1v) is 6.15. The molecule has 0 radical (unpaired) electrons. The number of amides is 1. The van der Waals surface area contributed by atoms with Gasteiger partial charge in [0.05, 0.1) is 0 Å². The Bertz CT molecular complexity index is 396. The summed E-state index contributed by atoms with van der Waals surface area (Å²) in [7, 11) is 0. The van der Waals surface area contributed by atoms with Gasteiger partial charge in [0, 0.05) is 6.92 Å². The minimum atomic E-state index is -1.06. The van der Waals surface area contributed by atoms with Gasteiger partial charge >= 0.3 is 12.1 Å². The molecule has 1 saturated carbocycles. The van der Waals surface area contributed by atoms with Crippen molar-refractivity contribution in [3.05, 3.63) is 0 Å². The molecule has 0 unspecified atom stereocenters. The van der Waals surface area contributed by atoms with Gasteiger partial charge in [-0.1, -0.05) is 0 Å². The lowest BCUT2D eigenvalue weighted by atomic mass is 9.75. The maximum Gasteiger partial charge on any atom is 0.444 e. The molecule has 19 heavy (non-hydrogen) atoms. The van der Waals surface area contributed by atoms with E-state index in [0.717, 1.165) is 11.5 Å². The van der Waals surface area contributed by atoms with Crippen LogP contribution in [0.1, 0.15) is 47.0 Å². The molecular weight excluding hydrogens is 250 g/mol. The second-order valence-corrected chi connectivity index (χ2v) is 5.66. The Balaban J connectivity index is 2.98. The topological polar surface area (TPSA) is 106 Å². The summed E-state index contributed by atoms with van der Waals surface area (Å²) in [5.74, 6) is -0.857. The van der Waals surface area contributed by atoms with E-state index in [2.05, 4.69) is 0 Å². The summed E-state index contributed by atoms with van der Waals surface area (Å²) in [5.41, 5.74) is 3.77. The molecule has 0 aliphatic heterocycles. The van der Waals surface area contributed by atoms with Crippen LogP contribution in [0.15, 0.2) is 0 Å². The van der Waals surface area contributed by atoms with Crippen molar-refractivity contribution in [2.24, 2.45) is 5.73 Å². The van der Waals surface area contributed by atoms with E-state index in [1.807, 2.05) is 0 Å². The fourth-order valence-electron chi connectivity index (χ4n) is 1.82. The molecule has 1 fully saturated rings. The average molecular weight is 271 g/mol. The van der Waals surface area contributed by atoms with E-state index in [-0.39, 0.29) is 5.84 Å². The highest BCUT2D eigenvalue weighted by molar-refractivity contribution is 5.91. The fraction of sp³-hybridized carbons (Fsp3) is 0.750. The second-order valence-electron chi connectivity index (χ2n) is 5.66. The van der Waals surface area contributed by atoms with Crippen molar-refractivity contribution in [1.82, 2.24) is 5.06 Å². The predicted octanol–water partition coefficient (Wildman–Crippen LogP) is 1.56. The first-order chi connectivity index (χ1) is 8.58. The number of carbonyl (C=O) groups is 2. The van der Waals surface area contributed by atoms with Crippen LogP contribution in [0.3, 0.4) is 0 Å². The molecule has 0 aromatic heterocycles. The number of nitrogens with one attached hydrogen (secondary N) is 1. The van der Waals surface area contributed by atoms with Gasteiger partial charge in [-0.05, 0) is 40.0 Å². The zero-order valence-electron chi connectivity index (χ0n) is 11.8. The highest BCUT2D eigenvalue weighted by Crippen LogP contribution is 2.38. The maximum absolute atomic E-state index is 12.1. The molecule has 1 aliphatic rings. The molecule has 0 heterocycles. The molecule has 7 nitrogen and oxygen atoms in total. The number of nitrogens with zero attached hydrogens (tertiary/aromatic N) is 1. The molecule has 0 atom stereocenters. The largest absolute Gasteiger partial charge is 0.444 e. The third-order valence-electron chi connectivity index (χ3n) is 2.85. The summed E-state index contributed by atoms with van der Waals surface area (Å²) < 4.78 is 5.19. The van der Waals surface area contributed by atoms with Crippen LogP contribution in [0.4, 0.5) is 4.79 Å². The highest BCUT2D eigenvalue weighted by atomic mass is 16.8. The zero-order valence-corrected chi connectivity index (χ0v) is 11.8. The van der Waals surface area contributed by atoms with Crippen LogP contribution in [0.5, 0.6) is 0 Å². The van der Waals surface area contributed by atoms with Gasteiger partial charge in [0.1, 0.15) is 17.0 Å². The van der Waals surface area contributed by atoms with Gasteiger partial charge in [0.15, 0.2) is 0 Å². The third-order valence-corrected chi connectivity index (χ3v) is 2.85. The number of carbonyl (C=O) groups excluding carboxylic acids is 2. The monoisotopic (exact) mass is 271 g/mol. The van der Waals surface area contributed by atoms with E-state index in [4.69, 9.17) is 20.7 Å². The maximum atomic E-state index is 12.1. The average Bonchev–Trinajstić information content (AvgIpc) is 2.09. The molecule has 1 rings (SSSR count). The van der Waals surface area contributed by atoms with Gasteiger partial charge in [0.25, 0.3) is 0 Å². The molecule has 1 aliphatic carbocycles. The van der Waals surface area contributed by atoms with Crippen molar-refractivity contribution >= 4 is 17.9 Å². The Morgan fingerprint density at radius 1 is 1.32 bits per heavy atom. The molecule has 0 aromatic rings. The van der Waals surface area contributed by atoms with E-state index < -0.39 is 23.2 Å².